The van der Waals surface area contributed by atoms with E-state index in [1.54, 1.807) is 13.8 Å². The highest BCUT2D eigenvalue weighted by molar-refractivity contribution is 4.68. The van der Waals surface area contributed by atoms with E-state index in [4.69, 9.17) is 4.74 Å². The van der Waals surface area contributed by atoms with Crippen LogP contribution in [0.15, 0.2) is 12.7 Å². The van der Waals surface area contributed by atoms with Gasteiger partial charge in [0.05, 0.1) is 18.8 Å². The van der Waals surface area contributed by atoms with E-state index in [1.807, 2.05) is 6.08 Å². The van der Waals surface area contributed by atoms with Crippen molar-refractivity contribution in [3.8, 4) is 0 Å². The normalized spacial score (nSPS) is 11.6. The Hall–Kier alpha value is -0.380. The van der Waals surface area contributed by atoms with Gasteiger partial charge in [0.15, 0.2) is 0 Å². The molecule has 0 spiro atoms. The van der Waals surface area contributed by atoms with Crippen LogP contribution in [0.2, 0.25) is 0 Å². The van der Waals surface area contributed by atoms with Crippen LogP contribution in [-0.4, -0.2) is 37.0 Å². The minimum atomic E-state index is -0.638. The molecule has 3 heteroatoms. The van der Waals surface area contributed by atoms with Crippen molar-refractivity contribution < 1.29 is 9.84 Å². The van der Waals surface area contributed by atoms with Gasteiger partial charge in [0.25, 0.3) is 0 Å². The van der Waals surface area contributed by atoms with Crippen molar-refractivity contribution in [3.05, 3.63) is 12.7 Å². The zero-order chi connectivity index (χ0) is 10.2. The average Bonchev–Trinajstić information content (AvgIpc) is 2.01. The van der Waals surface area contributed by atoms with Crippen molar-refractivity contribution in [1.82, 2.24) is 5.32 Å². The molecule has 2 N–H and O–H groups in total. The lowest BCUT2D eigenvalue weighted by Gasteiger charge is -2.17. The first kappa shape index (κ1) is 12.6. The van der Waals surface area contributed by atoms with Gasteiger partial charge in [-0.25, -0.2) is 0 Å². The molecule has 0 aliphatic heterocycles. The molecule has 0 unspecified atom stereocenters. The third kappa shape index (κ3) is 11.6. The topological polar surface area (TPSA) is 41.5 Å². The summed E-state index contributed by atoms with van der Waals surface area (Å²) in [6.07, 6.45) is 2.73. The van der Waals surface area contributed by atoms with Crippen molar-refractivity contribution in [2.24, 2.45) is 0 Å². The zero-order valence-electron chi connectivity index (χ0n) is 8.68. The molecule has 0 aliphatic carbocycles. The van der Waals surface area contributed by atoms with E-state index < -0.39 is 5.60 Å². The fourth-order valence-corrected chi connectivity index (χ4v) is 0.807. The Kier molecular flexibility index (Phi) is 6.86. The molecule has 0 fully saturated rings. The molecule has 0 aromatic carbocycles. The first-order chi connectivity index (χ1) is 6.06. The maximum Gasteiger partial charge on any atom is 0.0715 e. The van der Waals surface area contributed by atoms with Gasteiger partial charge >= 0.3 is 0 Å². The van der Waals surface area contributed by atoms with E-state index in [2.05, 4.69) is 11.9 Å². The van der Waals surface area contributed by atoms with Gasteiger partial charge in [-0.15, -0.1) is 6.58 Å². The van der Waals surface area contributed by atoms with Crippen LogP contribution < -0.4 is 5.32 Å². The van der Waals surface area contributed by atoms with E-state index in [-0.39, 0.29) is 0 Å². The van der Waals surface area contributed by atoms with Crippen LogP contribution >= 0.6 is 0 Å². The lowest BCUT2D eigenvalue weighted by molar-refractivity contribution is 0.0748. The summed E-state index contributed by atoms with van der Waals surface area (Å²) in [5, 5.41) is 12.4. The fraction of sp³-hybridized carbons (Fsp3) is 0.800. The SMILES string of the molecule is C=CCCOCCNCC(C)(C)O. The third-order valence-electron chi connectivity index (χ3n) is 1.45. The molecule has 0 saturated heterocycles. The average molecular weight is 187 g/mol. The maximum absolute atomic E-state index is 9.34. The highest BCUT2D eigenvalue weighted by Crippen LogP contribution is 1.96. The molecule has 0 aliphatic rings. The van der Waals surface area contributed by atoms with Crippen LogP contribution in [0.4, 0.5) is 0 Å². The van der Waals surface area contributed by atoms with Gasteiger partial charge in [-0.05, 0) is 20.3 Å². The molecule has 0 aromatic heterocycles. The quantitative estimate of drug-likeness (QED) is 0.439. The molecular formula is C10H21NO2. The maximum atomic E-state index is 9.34. The summed E-state index contributed by atoms with van der Waals surface area (Å²) in [5.41, 5.74) is -0.638. The smallest absolute Gasteiger partial charge is 0.0715 e. The molecule has 0 rings (SSSR count). The largest absolute Gasteiger partial charge is 0.389 e. The first-order valence-electron chi connectivity index (χ1n) is 4.68. The molecule has 3 nitrogen and oxygen atoms in total. The second-order valence-electron chi connectivity index (χ2n) is 3.68. The summed E-state index contributed by atoms with van der Waals surface area (Å²) in [6.45, 7) is 9.94. The summed E-state index contributed by atoms with van der Waals surface area (Å²) in [5.74, 6) is 0. The van der Waals surface area contributed by atoms with Gasteiger partial charge < -0.3 is 15.2 Å². The van der Waals surface area contributed by atoms with Crippen molar-refractivity contribution in [3.63, 3.8) is 0 Å². The zero-order valence-corrected chi connectivity index (χ0v) is 8.68. The van der Waals surface area contributed by atoms with Crippen LogP contribution in [0, 0.1) is 0 Å². The summed E-state index contributed by atoms with van der Waals surface area (Å²) in [6, 6.07) is 0. The number of rotatable bonds is 8. The summed E-state index contributed by atoms with van der Waals surface area (Å²) >= 11 is 0. The second-order valence-corrected chi connectivity index (χ2v) is 3.68. The first-order valence-corrected chi connectivity index (χ1v) is 4.68. The number of aliphatic hydroxyl groups is 1. The lowest BCUT2D eigenvalue weighted by Crippen LogP contribution is -2.36. The fourth-order valence-electron chi connectivity index (χ4n) is 0.807. The molecule has 0 saturated carbocycles. The Morgan fingerprint density at radius 1 is 1.46 bits per heavy atom. The second kappa shape index (κ2) is 7.06. The Morgan fingerprint density at radius 3 is 2.69 bits per heavy atom. The minimum absolute atomic E-state index is 0.595. The van der Waals surface area contributed by atoms with Crippen LogP contribution in [-0.2, 0) is 4.74 Å². The van der Waals surface area contributed by atoms with Crippen molar-refractivity contribution in [1.29, 1.82) is 0 Å². The Labute approximate surface area is 80.8 Å². The Morgan fingerprint density at radius 2 is 2.15 bits per heavy atom. The Balaban J connectivity index is 3.04. The van der Waals surface area contributed by atoms with Crippen molar-refractivity contribution in [2.75, 3.05) is 26.3 Å². The predicted molar refractivity (Wildman–Crippen MR) is 54.8 cm³/mol. The van der Waals surface area contributed by atoms with Gasteiger partial charge in [0, 0.05) is 13.1 Å². The van der Waals surface area contributed by atoms with Gasteiger partial charge in [-0.3, -0.25) is 0 Å². The number of hydrogen-bond acceptors (Lipinski definition) is 3. The highest BCUT2D eigenvalue weighted by Gasteiger charge is 2.10. The minimum Gasteiger partial charge on any atom is -0.389 e. The van der Waals surface area contributed by atoms with Crippen LogP contribution in [0.3, 0.4) is 0 Å². The van der Waals surface area contributed by atoms with E-state index in [9.17, 15) is 5.11 Å². The van der Waals surface area contributed by atoms with Crippen molar-refractivity contribution >= 4 is 0 Å². The van der Waals surface area contributed by atoms with E-state index in [0.717, 1.165) is 19.6 Å². The molecule has 0 heterocycles. The molecule has 13 heavy (non-hydrogen) atoms. The highest BCUT2D eigenvalue weighted by atomic mass is 16.5. The van der Waals surface area contributed by atoms with Crippen molar-refractivity contribution in [2.45, 2.75) is 25.9 Å². The van der Waals surface area contributed by atoms with Gasteiger partial charge in [0.1, 0.15) is 0 Å². The van der Waals surface area contributed by atoms with Crippen LogP contribution in [0.5, 0.6) is 0 Å². The summed E-state index contributed by atoms with van der Waals surface area (Å²) in [7, 11) is 0. The molecule has 78 valence electrons. The van der Waals surface area contributed by atoms with Crippen LogP contribution in [0.1, 0.15) is 20.3 Å². The van der Waals surface area contributed by atoms with E-state index in [1.165, 1.54) is 0 Å². The van der Waals surface area contributed by atoms with Gasteiger partial charge in [-0.2, -0.15) is 0 Å². The number of ether oxygens (including phenoxy) is 1. The molecule has 0 radical (unpaired) electrons. The summed E-state index contributed by atoms with van der Waals surface area (Å²) in [4.78, 5) is 0. The number of hydrogen-bond donors (Lipinski definition) is 2. The van der Waals surface area contributed by atoms with Gasteiger partial charge in [0.2, 0.25) is 0 Å². The third-order valence-corrected chi connectivity index (χ3v) is 1.45. The van der Waals surface area contributed by atoms with Gasteiger partial charge in [-0.1, -0.05) is 6.08 Å². The van der Waals surface area contributed by atoms with Crippen LogP contribution in [0.25, 0.3) is 0 Å². The standard InChI is InChI=1S/C10H21NO2/c1-4-5-7-13-8-6-11-9-10(2,3)12/h4,11-12H,1,5-9H2,2-3H3. The monoisotopic (exact) mass is 187 g/mol. The Bertz CT molecular complexity index is 129. The van der Waals surface area contributed by atoms with E-state index >= 15 is 0 Å². The predicted octanol–water partition coefficient (Wildman–Crippen LogP) is 0.940. The molecule has 0 aromatic rings. The molecule has 0 atom stereocenters. The summed E-state index contributed by atoms with van der Waals surface area (Å²) < 4.78 is 5.27. The number of nitrogens with one attached hydrogen (secondary N) is 1. The molecule has 0 bridgehead atoms. The molecular weight excluding hydrogens is 166 g/mol. The molecule has 0 amide bonds. The lowest BCUT2D eigenvalue weighted by atomic mass is 10.1. The van der Waals surface area contributed by atoms with E-state index in [0.29, 0.717) is 13.2 Å².